The van der Waals surface area contributed by atoms with Crippen molar-refractivity contribution in [1.82, 2.24) is 0 Å². The van der Waals surface area contributed by atoms with Crippen LogP contribution in [0.4, 0.5) is 26.3 Å². The fourth-order valence-electron chi connectivity index (χ4n) is 2.10. The highest BCUT2D eigenvalue weighted by Gasteiger charge is 2.62. The number of alkyl halides is 6. The summed E-state index contributed by atoms with van der Waals surface area (Å²) in [5.41, 5.74) is -5.32. The van der Waals surface area contributed by atoms with Gasteiger partial charge >= 0.3 is 12.4 Å². The molecule has 0 spiro atoms. The van der Waals surface area contributed by atoms with E-state index in [2.05, 4.69) is 4.74 Å². The number of hydrogen-bond acceptors (Lipinski definition) is 3. The first-order valence-electron chi connectivity index (χ1n) is 4.71. The summed E-state index contributed by atoms with van der Waals surface area (Å²) in [7, 11) is 0. The molecule has 0 saturated heterocycles. The van der Waals surface area contributed by atoms with Gasteiger partial charge in [-0.15, -0.1) is 0 Å². The monoisotopic (exact) mass is 280 g/mol. The van der Waals surface area contributed by atoms with Crippen molar-refractivity contribution in [2.45, 2.75) is 24.6 Å². The van der Waals surface area contributed by atoms with E-state index in [0.717, 1.165) is 0 Å². The van der Waals surface area contributed by atoms with Gasteiger partial charge < -0.3 is 4.74 Å². The van der Waals surface area contributed by atoms with Crippen LogP contribution in [0.15, 0.2) is 22.3 Å². The molecule has 2 rings (SSSR count). The summed E-state index contributed by atoms with van der Waals surface area (Å²) in [6.45, 7) is 0. The summed E-state index contributed by atoms with van der Waals surface area (Å²) in [6.07, 6.45) is -14.9. The van der Waals surface area contributed by atoms with Gasteiger partial charge in [-0.05, 0) is 0 Å². The zero-order valence-corrected chi connectivity index (χ0v) is 8.73. The molecule has 100 valence electrons. The molecule has 0 N–H and O–H groups in total. The van der Waals surface area contributed by atoms with Crippen molar-refractivity contribution in [3.63, 3.8) is 0 Å². The fraction of sp³-hybridized carbons (Fsp3) is 0.400. The molecule has 0 aliphatic carbocycles. The fourth-order valence-corrected chi connectivity index (χ4v) is 2.10. The predicted octanol–water partition coefficient (Wildman–Crippen LogP) is 2.53. The highest BCUT2D eigenvalue weighted by molar-refractivity contribution is 5.60. The van der Waals surface area contributed by atoms with Crippen LogP contribution in [-0.2, 0) is 4.74 Å². The standard InChI is InChI=1S/C10H2F6N2O/c11-9(12,13)5-6(10(14,15)16)8-4(2-18)3(1-17)7(5)19-8/h7-8H. The molecular weight excluding hydrogens is 278 g/mol. The lowest BCUT2D eigenvalue weighted by Gasteiger charge is -2.20. The normalized spacial score (nSPS) is 26.7. The smallest absolute Gasteiger partial charge is 0.354 e. The Kier molecular flexibility index (Phi) is 2.65. The SMILES string of the molecule is N#CC1=C(C#N)C2OC1C(C(F)(F)F)=C2C(F)(F)F. The molecule has 0 aromatic rings. The van der Waals surface area contributed by atoms with Crippen molar-refractivity contribution in [3.8, 4) is 12.1 Å². The Hall–Kier alpha value is -2.00. The van der Waals surface area contributed by atoms with Crippen molar-refractivity contribution in [2.24, 2.45) is 0 Å². The van der Waals surface area contributed by atoms with Crippen LogP contribution >= 0.6 is 0 Å². The quantitative estimate of drug-likeness (QED) is 0.506. The number of nitrogens with zero attached hydrogens (tertiary/aromatic N) is 2. The summed E-state index contributed by atoms with van der Waals surface area (Å²) in [4.78, 5) is 0. The molecule has 0 aromatic heterocycles. The Morgan fingerprint density at radius 2 is 1.11 bits per heavy atom. The van der Waals surface area contributed by atoms with Gasteiger partial charge in [0.1, 0.15) is 12.2 Å². The second-order valence-corrected chi connectivity index (χ2v) is 3.77. The molecule has 19 heavy (non-hydrogen) atoms. The molecule has 9 heteroatoms. The predicted molar refractivity (Wildman–Crippen MR) is 46.0 cm³/mol. The molecule has 3 nitrogen and oxygen atoms in total. The zero-order valence-electron chi connectivity index (χ0n) is 8.73. The van der Waals surface area contributed by atoms with E-state index in [1.807, 2.05) is 0 Å². The lowest BCUT2D eigenvalue weighted by molar-refractivity contribution is -0.116. The van der Waals surface area contributed by atoms with Crippen molar-refractivity contribution in [3.05, 3.63) is 22.3 Å². The highest BCUT2D eigenvalue weighted by Crippen LogP contribution is 2.53. The van der Waals surface area contributed by atoms with Crippen LogP contribution < -0.4 is 0 Å². The van der Waals surface area contributed by atoms with Gasteiger partial charge in [-0.1, -0.05) is 0 Å². The Labute approximate surface area is 102 Å². The number of fused-ring (bicyclic) bond motifs is 2. The van der Waals surface area contributed by atoms with E-state index in [-0.39, 0.29) is 0 Å². The van der Waals surface area contributed by atoms with Gasteiger partial charge in [0.15, 0.2) is 0 Å². The molecule has 2 atom stereocenters. The molecule has 0 radical (unpaired) electrons. The third kappa shape index (κ3) is 1.78. The van der Waals surface area contributed by atoms with Crippen LogP contribution in [-0.4, -0.2) is 24.6 Å². The first-order chi connectivity index (χ1) is 8.62. The molecule has 2 heterocycles. The Bertz CT molecular complexity index is 533. The minimum absolute atomic E-state index is 0.715. The number of ether oxygens (including phenoxy) is 1. The minimum Gasteiger partial charge on any atom is -0.354 e. The Morgan fingerprint density at radius 3 is 1.32 bits per heavy atom. The Morgan fingerprint density at radius 1 is 0.789 bits per heavy atom. The molecule has 0 amide bonds. The van der Waals surface area contributed by atoms with Crippen LogP contribution in [0.2, 0.25) is 0 Å². The van der Waals surface area contributed by atoms with Crippen LogP contribution in [0, 0.1) is 22.7 Å². The van der Waals surface area contributed by atoms with Gasteiger partial charge in [-0.25, -0.2) is 0 Å². The third-order valence-corrected chi connectivity index (χ3v) is 2.75. The van der Waals surface area contributed by atoms with Crippen molar-refractivity contribution < 1.29 is 31.1 Å². The molecule has 2 aliphatic rings. The maximum atomic E-state index is 12.7. The van der Waals surface area contributed by atoms with E-state index in [0.29, 0.717) is 0 Å². The maximum absolute atomic E-state index is 12.7. The van der Waals surface area contributed by atoms with Crippen LogP contribution in [0.3, 0.4) is 0 Å². The largest absolute Gasteiger partial charge is 0.415 e. The summed E-state index contributed by atoms with van der Waals surface area (Å²) in [5, 5.41) is 17.3. The summed E-state index contributed by atoms with van der Waals surface area (Å²) >= 11 is 0. The van der Waals surface area contributed by atoms with E-state index in [1.54, 1.807) is 0 Å². The van der Waals surface area contributed by atoms with Gasteiger partial charge in [-0.2, -0.15) is 36.9 Å². The lowest BCUT2D eigenvalue weighted by Crippen LogP contribution is -2.30. The average Bonchev–Trinajstić information content (AvgIpc) is 2.79. The van der Waals surface area contributed by atoms with Crippen molar-refractivity contribution >= 4 is 0 Å². The molecular formula is C10H2F6N2O. The minimum atomic E-state index is -5.28. The van der Waals surface area contributed by atoms with Gasteiger partial charge in [0.25, 0.3) is 0 Å². The van der Waals surface area contributed by atoms with Gasteiger partial charge in [0.2, 0.25) is 0 Å². The molecule has 2 bridgehead atoms. The molecule has 2 aliphatic heterocycles. The van der Waals surface area contributed by atoms with E-state index >= 15 is 0 Å². The zero-order chi connectivity index (χ0) is 14.6. The number of nitriles is 2. The summed E-state index contributed by atoms with van der Waals surface area (Å²) in [6, 6.07) is 2.60. The average molecular weight is 280 g/mol. The van der Waals surface area contributed by atoms with Gasteiger partial charge in [0.05, 0.1) is 34.4 Å². The summed E-state index contributed by atoms with van der Waals surface area (Å²) in [5.74, 6) is 0. The first-order valence-corrected chi connectivity index (χ1v) is 4.71. The maximum Gasteiger partial charge on any atom is 0.415 e. The van der Waals surface area contributed by atoms with Crippen molar-refractivity contribution in [2.75, 3.05) is 0 Å². The van der Waals surface area contributed by atoms with Gasteiger partial charge in [-0.3, -0.25) is 0 Å². The third-order valence-electron chi connectivity index (χ3n) is 2.75. The van der Waals surface area contributed by atoms with Crippen LogP contribution in [0.1, 0.15) is 0 Å². The number of rotatable bonds is 0. The van der Waals surface area contributed by atoms with E-state index < -0.39 is 46.9 Å². The van der Waals surface area contributed by atoms with Crippen molar-refractivity contribution in [1.29, 1.82) is 10.5 Å². The van der Waals surface area contributed by atoms with E-state index in [9.17, 15) is 26.3 Å². The van der Waals surface area contributed by atoms with Gasteiger partial charge in [0, 0.05) is 0 Å². The lowest BCUT2D eigenvalue weighted by atomic mass is 9.86. The second kappa shape index (κ2) is 3.75. The summed E-state index contributed by atoms with van der Waals surface area (Å²) < 4.78 is 80.6. The molecule has 0 saturated carbocycles. The van der Waals surface area contributed by atoms with E-state index in [4.69, 9.17) is 10.5 Å². The highest BCUT2D eigenvalue weighted by atomic mass is 19.4. The molecule has 0 aromatic carbocycles. The van der Waals surface area contributed by atoms with Crippen LogP contribution in [0.5, 0.6) is 0 Å². The second-order valence-electron chi connectivity index (χ2n) is 3.77. The molecule has 2 unspecified atom stereocenters. The number of hydrogen-bond donors (Lipinski definition) is 0. The first kappa shape index (κ1) is 13.4. The van der Waals surface area contributed by atoms with Crippen LogP contribution in [0.25, 0.3) is 0 Å². The topological polar surface area (TPSA) is 56.8 Å². The van der Waals surface area contributed by atoms with E-state index in [1.165, 1.54) is 12.1 Å². The molecule has 0 fully saturated rings. The Balaban J connectivity index is 2.67. The number of halogens is 6.